The minimum absolute atomic E-state index is 0.167. The zero-order valence-electron chi connectivity index (χ0n) is 6.01. The van der Waals surface area contributed by atoms with Crippen LogP contribution in [0.4, 0.5) is 0 Å². The van der Waals surface area contributed by atoms with Crippen molar-refractivity contribution in [2.75, 3.05) is 0 Å². The van der Waals surface area contributed by atoms with Gasteiger partial charge in [0.15, 0.2) is 11.5 Å². The van der Waals surface area contributed by atoms with E-state index in [4.69, 9.17) is 0 Å². The highest BCUT2D eigenvalue weighted by Gasteiger charge is 2.11. The molecule has 0 atom stereocenters. The highest BCUT2D eigenvalue weighted by Crippen LogP contribution is 2.41. The van der Waals surface area contributed by atoms with E-state index in [0.29, 0.717) is 8.95 Å². The lowest BCUT2D eigenvalue weighted by Gasteiger charge is -2.05. The van der Waals surface area contributed by atoms with Gasteiger partial charge in [0.1, 0.15) is 0 Å². The van der Waals surface area contributed by atoms with Gasteiger partial charge in [-0.3, -0.25) is 0 Å². The Morgan fingerprint density at radius 2 is 1.83 bits per heavy atom. The fraction of sp³-hybridized carbons (Fsp3) is 0. The van der Waals surface area contributed by atoms with Crippen LogP contribution in [0, 0.1) is 0 Å². The normalized spacial score (nSPS) is 9.83. The molecule has 0 aliphatic rings. The molecule has 12 heavy (non-hydrogen) atoms. The fourth-order valence-corrected chi connectivity index (χ4v) is 1.67. The summed E-state index contributed by atoms with van der Waals surface area (Å²) in [5.41, 5.74) is 0.720. The lowest BCUT2D eigenvalue weighted by Crippen LogP contribution is -1.79. The van der Waals surface area contributed by atoms with E-state index in [-0.39, 0.29) is 11.5 Å². The number of hydrogen-bond donors (Lipinski definition) is 2. The van der Waals surface area contributed by atoms with Crippen molar-refractivity contribution in [3.63, 3.8) is 0 Å². The van der Waals surface area contributed by atoms with Crippen LogP contribution in [0.15, 0.2) is 21.6 Å². The number of halogens is 2. The van der Waals surface area contributed by atoms with Gasteiger partial charge in [0.25, 0.3) is 0 Å². The summed E-state index contributed by atoms with van der Waals surface area (Å²) >= 11 is 6.35. The molecule has 4 heteroatoms. The highest BCUT2D eigenvalue weighted by molar-refractivity contribution is 9.13. The molecule has 2 N–H and O–H groups in total. The summed E-state index contributed by atoms with van der Waals surface area (Å²) in [7, 11) is 0. The number of phenols is 2. The van der Waals surface area contributed by atoms with Crippen LogP contribution in [-0.2, 0) is 0 Å². The zero-order chi connectivity index (χ0) is 9.30. The summed E-state index contributed by atoms with van der Waals surface area (Å²) < 4.78 is 1.10. The topological polar surface area (TPSA) is 40.5 Å². The van der Waals surface area contributed by atoms with E-state index in [1.54, 1.807) is 6.08 Å². The summed E-state index contributed by atoms with van der Waals surface area (Å²) in [5.74, 6) is -0.340. The molecule has 0 saturated carbocycles. The predicted molar refractivity (Wildman–Crippen MR) is 55.3 cm³/mol. The Balaban J connectivity index is 3.49. The molecule has 0 bridgehead atoms. The summed E-state index contributed by atoms with van der Waals surface area (Å²) in [4.78, 5) is 0. The Bertz CT molecular complexity index is 334. The van der Waals surface area contributed by atoms with E-state index in [1.165, 1.54) is 6.07 Å². The second kappa shape index (κ2) is 3.49. The van der Waals surface area contributed by atoms with Crippen LogP contribution in [0.2, 0.25) is 0 Å². The lowest BCUT2D eigenvalue weighted by atomic mass is 10.2. The molecule has 1 aromatic rings. The summed E-state index contributed by atoms with van der Waals surface area (Å²) in [6.07, 6.45) is 1.58. The minimum Gasteiger partial charge on any atom is -0.504 e. The lowest BCUT2D eigenvalue weighted by molar-refractivity contribution is 0.401. The Morgan fingerprint density at radius 3 is 2.33 bits per heavy atom. The third kappa shape index (κ3) is 1.49. The Morgan fingerprint density at radius 1 is 1.25 bits per heavy atom. The molecule has 0 spiro atoms. The maximum atomic E-state index is 9.25. The monoisotopic (exact) mass is 292 g/mol. The SMILES string of the molecule is C=Cc1cc(O)c(O)c(Br)c1Br. The van der Waals surface area contributed by atoms with Gasteiger partial charge in [-0.2, -0.15) is 0 Å². The van der Waals surface area contributed by atoms with Crippen LogP contribution in [-0.4, -0.2) is 10.2 Å². The van der Waals surface area contributed by atoms with Crippen LogP contribution in [0.25, 0.3) is 6.08 Å². The van der Waals surface area contributed by atoms with Gasteiger partial charge in [-0.05, 0) is 43.5 Å². The molecule has 0 heterocycles. The Labute approximate surface area is 86.8 Å². The van der Waals surface area contributed by atoms with Crippen molar-refractivity contribution < 1.29 is 10.2 Å². The first-order valence-corrected chi connectivity index (χ1v) is 4.69. The molecule has 0 aromatic heterocycles. The molecule has 0 aliphatic heterocycles. The molecule has 1 aromatic carbocycles. The first kappa shape index (κ1) is 9.61. The molecule has 1 rings (SSSR count). The van der Waals surface area contributed by atoms with Crippen LogP contribution in [0.5, 0.6) is 11.5 Å². The first-order chi connectivity index (χ1) is 5.57. The van der Waals surface area contributed by atoms with Crippen molar-refractivity contribution >= 4 is 37.9 Å². The standard InChI is InChI=1S/C8H6Br2O2/c1-2-4-3-5(11)8(12)7(10)6(4)9/h2-3,11-12H,1H2. The van der Waals surface area contributed by atoms with E-state index in [2.05, 4.69) is 38.4 Å². The maximum Gasteiger partial charge on any atom is 0.173 e. The zero-order valence-corrected chi connectivity index (χ0v) is 9.18. The number of hydrogen-bond acceptors (Lipinski definition) is 2. The predicted octanol–water partition coefficient (Wildman–Crippen LogP) is 3.27. The highest BCUT2D eigenvalue weighted by atomic mass is 79.9. The fourth-order valence-electron chi connectivity index (χ4n) is 0.771. The van der Waals surface area contributed by atoms with Crippen LogP contribution < -0.4 is 0 Å². The van der Waals surface area contributed by atoms with E-state index in [9.17, 15) is 10.2 Å². The third-order valence-corrected chi connectivity index (χ3v) is 3.57. The smallest absolute Gasteiger partial charge is 0.173 e. The number of aromatic hydroxyl groups is 2. The maximum absolute atomic E-state index is 9.25. The van der Waals surface area contributed by atoms with Crippen molar-refractivity contribution in [3.8, 4) is 11.5 Å². The van der Waals surface area contributed by atoms with Gasteiger partial charge in [-0.15, -0.1) is 0 Å². The number of benzene rings is 1. The molecule has 64 valence electrons. The van der Waals surface area contributed by atoms with Gasteiger partial charge in [-0.1, -0.05) is 12.7 Å². The van der Waals surface area contributed by atoms with Gasteiger partial charge in [0.2, 0.25) is 0 Å². The molecule has 0 amide bonds. The molecule has 0 radical (unpaired) electrons. The van der Waals surface area contributed by atoms with Crippen LogP contribution >= 0.6 is 31.9 Å². The molecule has 0 aliphatic carbocycles. The molecule has 2 nitrogen and oxygen atoms in total. The largest absolute Gasteiger partial charge is 0.504 e. The molecule has 0 fully saturated rings. The van der Waals surface area contributed by atoms with Crippen molar-refractivity contribution in [2.45, 2.75) is 0 Å². The Kier molecular flexibility index (Phi) is 2.80. The van der Waals surface area contributed by atoms with E-state index in [0.717, 1.165) is 5.56 Å². The molecular formula is C8H6Br2O2. The van der Waals surface area contributed by atoms with E-state index < -0.39 is 0 Å². The number of phenolic OH excluding ortho intramolecular Hbond substituents is 2. The molecule has 0 unspecified atom stereocenters. The van der Waals surface area contributed by atoms with Crippen LogP contribution in [0.1, 0.15) is 5.56 Å². The quantitative estimate of drug-likeness (QED) is 0.780. The van der Waals surface area contributed by atoms with Crippen molar-refractivity contribution in [1.82, 2.24) is 0 Å². The van der Waals surface area contributed by atoms with Crippen molar-refractivity contribution in [2.24, 2.45) is 0 Å². The average molecular weight is 294 g/mol. The Hall–Kier alpha value is -0.480. The minimum atomic E-state index is -0.174. The summed E-state index contributed by atoms with van der Waals surface area (Å²) in [5, 5.41) is 18.4. The summed E-state index contributed by atoms with van der Waals surface area (Å²) in [6, 6.07) is 1.43. The molecular weight excluding hydrogens is 288 g/mol. The average Bonchev–Trinajstić information content (AvgIpc) is 2.08. The van der Waals surface area contributed by atoms with Gasteiger partial charge in [0.05, 0.1) is 4.47 Å². The molecule has 0 saturated heterocycles. The van der Waals surface area contributed by atoms with Gasteiger partial charge in [0, 0.05) is 4.47 Å². The van der Waals surface area contributed by atoms with Crippen LogP contribution in [0.3, 0.4) is 0 Å². The number of rotatable bonds is 1. The van der Waals surface area contributed by atoms with E-state index in [1.807, 2.05) is 0 Å². The second-order valence-corrected chi connectivity index (χ2v) is 3.75. The van der Waals surface area contributed by atoms with Gasteiger partial charge in [-0.25, -0.2) is 0 Å². The van der Waals surface area contributed by atoms with Crippen molar-refractivity contribution in [1.29, 1.82) is 0 Å². The van der Waals surface area contributed by atoms with Gasteiger partial charge < -0.3 is 10.2 Å². The van der Waals surface area contributed by atoms with E-state index >= 15 is 0 Å². The third-order valence-electron chi connectivity index (χ3n) is 1.41. The summed E-state index contributed by atoms with van der Waals surface area (Å²) in [6.45, 7) is 3.56. The van der Waals surface area contributed by atoms with Crippen molar-refractivity contribution in [3.05, 3.63) is 27.2 Å². The second-order valence-electron chi connectivity index (χ2n) is 2.17. The first-order valence-electron chi connectivity index (χ1n) is 3.10. The van der Waals surface area contributed by atoms with Gasteiger partial charge >= 0.3 is 0 Å².